The second-order valence-electron chi connectivity index (χ2n) is 4.23. The number of carbonyl (C=O) groups excluding carboxylic acids is 1. The van der Waals surface area contributed by atoms with E-state index in [4.69, 9.17) is 5.73 Å². The number of halogens is 1. The first kappa shape index (κ1) is 12.5. The van der Waals surface area contributed by atoms with Gasteiger partial charge in [-0.15, -0.1) is 0 Å². The number of hydrogen-bond acceptors (Lipinski definition) is 3. The van der Waals surface area contributed by atoms with Crippen LogP contribution in [0.5, 0.6) is 0 Å². The Morgan fingerprint density at radius 3 is 3.12 bits per heavy atom. The molecule has 2 atom stereocenters. The number of benzene rings is 1. The van der Waals surface area contributed by atoms with Gasteiger partial charge in [-0.1, -0.05) is 28.1 Å². The van der Waals surface area contributed by atoms with E-state index in [1.165, 1.54) is 11.1 Å². The SMILES string of the molecule is NC(=O)C(O)CNC1CCc2c(Br)cccc21. The van der Waals surface area contributed by atoms with Crippen LogP contribution < -0.4 is 11.1 Å². The Hall–Kier alpha value is -0.910. The first-order valence-electron chi connectivity index (χ1n) is 5.57. The molecule has 0 saturated heterocycles. The maximum Gasteiger partial charge on any atom is 0.247 e. The Balaban J connectivity index is 2.03. The van der Waals surface area contributed by atoms with Gasteiger partial charge < -0.3 is 16.2 Å². The molecule has 2 unspecified atom stereocenters. The number of rotatable bonds is 4. The number of carbonyl (C=O) groups is 1. The highest BCUT2D eigenvalue weighted by atomic mass is 79.9. The van der Waals surface area contributed by atoms with E-state index in [-0.39, 0.29) is 12.6 Å². The third-order valence-electron chi connectivity index (χ3n) is 3.10. The number of primary amides is 1. The zero-order valence-corrected chi connectivity index (χ0v) is 10.9. The fourth-order valence-electron chi connectivity index (χ4n) is 2.18. The van der Waals surface area contributed by atoms with Crippen LogP contribution in [0.2, 0.25) is 0 Å². The molecular weight excluding hydrogens is 284 g/mol. The van der Waals surface area contributed by atoms with Gasteiger partial charge in [0.05, 0.1) is 0 Å². The molecule has 17 heavy (non-hydrogen) atoms. The highest BCUT2D eigenvalue weighted by molar-refractivity contribution is 9.10. The molecule has 0 heterocycles. The van der Waals surface area contributed by atoms with E-state index in [0.717, 1.165) is 17.3 Å². The topological polar surface area (TPSA) is 75.4 Å². The molecule has 0 saturated carbocycles. The third kappa shape index (κ3) is 2.68. The molecule has 1 aliphatic carbocycles. The molecule has 4 N–H and O–H groups in total. The first-order valence-corrected chi connectivity index (χ1v) is 6.37. The van der Waals surface area contributed by atoms with Crippen molar-refractivity contribution in [2.24, 2.45) is 5.73 Å². The lowest BCUT2D eigenvalue weighted by Gasteiger charge is -2.15. The molecule has 5 heteroatoms. The van der Waals surface area contributed by atoms with Gasteiger partial charge in [-0.25, -0.2) is 0 Å². The third-order valence-corrected chi connectivity index (χ3v) is 3.84. The average molecular weight is 299 g/mol. The molecule has 4 nitrogen and oxygen atoms in total. The summed E-state index contributed by atoms with van der Waals surface area (Å²) in [6.45, 7) is 0.200. The van der Waals surface area contributed by atoms with Gasteiger partial charge in [-0.2, -0.15) is 0 Å². The molecule has 1 aromatic carbocycles. The summed E-state index contributed by atoms with van der Waals surface area (Å²) in [7, 11) is 0. The van der Waals surface area contributed by atoms with E-state index >= 15 is 0 Å². The van der Waals surface area contributed by atoms with Crippen molar-refractivity contribution in [2.75, 3.05) is 6.54 Å². The van der Waals surface area contributed by atoms with Crippen LogP contribution in [0, 0.1) is 0 Å². The van der Waals surface area contributed by atoms with E-state index in [1.54, 1.807) is 0 Å². The van der Waals surface area contributed by atoms with Gasteiger partial charge in [-0.3, -0.25) is 4.79 Å². The zero-order chi connectivity index (χ0) is 12.4. The van der Waals surface area contributed by atoms with Crippen molar-refractivity contribution in [3.05, 3.63) is 33.8 Å². The Bertz CT molecular complexity index is 437. The minimum absolute atomic E-state index is 0.191. The van der Waals surface area contributed by atoms with E-state index in [1.807, 2.05) is 12.1 Å². The van der Waals surface area contributed by atoms with Crippen LogP contribution in [-0.4, -0.2) is 23.7 Å². The molecule has 0 aliphatic heterocycles. The summed E-state index contributed by atoms with van der Waals surface area (Å²) in [4.78, 5) is 10.7. The Morgan fingerprint density at radius 1 is 1.65 bits per heavy atom. The fourth-order valence-corrected chi connectivity index (χ4v) is 2.76. The molecule has 1 amide bonds. The van der Waals surface area contributed by atoms with Gasteiger partial charge in [0.2, 0.25) is 5.91 Å². The Morgan fingerprint density at radius 2 is 2.41 bits per heavy atom. The van der Waals surface area contributed by atoms with Crippen LogP contribution in [0.1, 0.15) is 23.6 Å². The summed E-state index contributed by atoms with van der Waals surface area (Å²) in [6.07, 6.45) is 0.857. The molecule has 92 valence electrons. The van der Waals surface area contributed by atoms with Crippen LogP contribution in [0.4, 0.5) is 0 Å². The number of aliphatic hydroxyl groups excluding tert-OH is 1. The number of amides is 1. The van der Waals surface area contributed by atoms with Crippen molar-refractivity contribution in [1.29, 1.82) is 0 Å². The smallest absolute Gasteiger partial charge is 0.247 e. The predicted molar refractivity (Wildman–Crippen MR) is 68.4 cm³/mol. The summed E-state index contributed by atoms with van der Waals surface area (Å²) in [6, 6.07) is 6.28. The van der Waals surface area contributed by atoms with Gasteiger partial charge in [0.1, 0.15) is 6.10 Å². The maximum absolute atomic E-state index is 10.7. The van der Waals surface area contributed by atoms with E-state index < -0.39 is 12.0 Å². The number of nitrogens with one attached hydrogen (secondary N) is 1. The largest absolute Gasteiger partial charge is 0.382 e. The maximum atomic E-state index is 10.7. The van der Waals surface area contributed by atoms with Gasteiger partial charge in [0.15, 0.2) is 0 Å². The number of fused-ring (bicyclic) bond motifs is 1. The number of nitrogens with two attached hydrogens (primary N) is 1. The minimum atomic E-state index is -1.12. The van der Waals surface area contributed by atoms with Gasteiger partial charge in [0.25, 0.3) is 0 Å². The normalized spacial score (nSPS) is 20.0. The molecule has 0 fully saturated rings. The first-order chi connectivity index (χ1) is 8.09. The predicted octanol–water partition coefficient (Wildman–Crippen LogP) is 0.872. The Labute approximate surface area is 108 Å². The van der Waals surface area contributed by atoms with Crippen LogP contribution in [0.25, 0.3) is 0 Å². The van der Waals surface area contributed by atoms with Gasteiger partial charge in [0, 0.05) is 17.1 Å². The van der Waals surface area contributed by atoms with Crippen molar-refractivity contribution in [3.63, 3.8) is 0 Å². The molecule has 2 rings (SSSR count). The molecule has 0 aromatic heterocycles. The fraction of sp³-hybridized carbons (Fsp3) is 0.417. The second-order valence-corrected chi connectivity index (χ2v) is 5.08. The second kappa shape index (κ2) is 5.16. The van der Waals surface area contributed by atoms with Gasteiger partial charge in [-0.05, 0) is 30.0 Å². The monoisotopic (exact) mass is 298 g/mol. The minimum Gasteiger partial charge on any atom is -0.382 e. The molecule has 0 radical (unpaired) electrons. The number of aliphatic hydroxyl groups is 1. The highest BCUT2D eigenvalue weighted by Crippen LogP contribution is 2.35. The summed E-state index contributed by atoms with van der Waals surface area (Å²) in [5.74, 6) is -0.690. The molecular formula is C12H15BrN2O2. The standard InChI is InChI=1S/C12H15BrN2O2/c13-9-3-1-2-8-7(9)4-5-10(8)15-6-11(16)12(14)17/h1-3,10-11,15-16H,4-6H2,(H2,14,17). The molecule has 1 aromatic rings. The van der Waals surface area contributed by atoms with Gasteiger partial charge >= 0.3 is 0 Å². The van der Waals surface area contributed by atoms with Crippen LogP contribution >= 0.6 is 15.9 Å². The lowest BCUT2D eigenvalue weighted by atomic mass is 10.1. The highest BCUT2D eigenvalue weighted by Gasteiger charge is 2.24. The van der Waals surface area contributed by atoms with E-state index in [2.05, 4.69) is 27.3 Å². The molecule has 1 aliphatic rings. The summed E-state index contributed by atoms with van der Waals surface area (Å²) in [5.41, 5.74) is 7.54. The quantitative estimate of drug-likeness (QED) is 0.772. The van der Waals surface area contributed by atoms with Crippen molar-refractivity contribution in [1.82, 2.24) is 5.32 Å². The summed E-state index contributed by atoms with van der Waals surface area (Å²) < 4.78 is 1.12. The van der Waals surface area contributed by atoms with Crippen LogP contribution in [-0.2, 0) is 11.2 Å². The number of hydrogen-bond donors (Lipinski definition) is 3. The summed E-state index contributed by atoms with van der Waals surface area (Å²) in [5, 5.41) is 12.5. The van der Waals surface area contributed by atoms with E-state index in [0.29, 0.717) is 0 Å². The lowest BCUT2D eigenvalue weighted by molar-refractivity contribution is -0.125. The lowest BCUT2D eigenvalue weighted by Crippen LogP contribution is -2.38. The Kier molecular flexibility index (Phi) is 3.81. The van der Waals surface area contributed by atoms with Crippen molar-refractivity contribution < 1.29 is 9.90 Å². The van der Waals surface area contributed by atoms with Crippen LogP contribution in [0.3, 0.4) is 0 Å². The van der Waals surface area contributed by atoms with Crippen LogP contribution in [0.15, 0.2) is 22.7 Å². The van der Waals surface area contributed by atoms with Crippen molar-refractivity contribution in [3.8, 4) is 0 Å². The average Bonchev–Trinajstić information content (AvgIpc) is 2.70. The van der Waals surface area contributed by atoms with Crippen molar-refractivity contribution >= 4 is 21.8 Å². The van der Waals surface area contributed by atoms with Crippen molar-refractivity contribution in [2.45, 2.75) is 25.0 Å². The van der Waals surface area contributed by atoms with E-state index in [9.17, 15) is 9.90 Å². The molecule has 0 bridgehead atoms. The molecule has 0 spiro atoms. The summed E-state index contributed by atoms with van der Waals surface area (Å²) >= 11 is 3.53. The zero-order valence-electron chi connectivity index (χ0n) is 9.32.